The molecule has 6 aromatic rings. The maximum Gasteiger partial charge on any atom is 0.144 e. The van der Waals surface area contributed by atoms with E-state index in [1.54, 1.807) is 6.20 Å². The van der Waals surface area contributed by atoms with E-state index < -0.39 is 0 Å². The predicted molar refractivity (Wildman–Crippen MR) is 158 cm³/mol. The van der Waals surface area contributed by atoms with Crippen LogP contribution in [-0.2, 0) is 5.41 Å². The minimum atomic E-state index is -0.00263. The molecule has 0 fully saturated rings. The molecular formula is C35H27N3O. The zero-order chi connectivity index (χ0) is 26.6. The quantitative estimate of drug-likeness (QED) is 0.241. The molecule has 0 atom stereocenters. The molecule has 188 valence electrons. The first kappa shape index (κ1) is 23.3. The zero-order valence-corrected chi connectivity index (χ0v) is 22.0. The van der Waals surface area contributed by atoms with Crippen molar-refractivity contribution in [3.05, 3.63) is 114 Å². The van der Waals surface area contributed by atoms with Crippen LogP contribution in [-0.4, -0.2) is 11.5 Å². The number of para-hydroxylation sites is 3. The van der Waals surface area contributed by atoms with E-state index in [9.17, 15) is 5.26 Å². The van der Waals surface area contributed by atoms with Gasteiger partial charge in [0.25, 0.3) is 0 Å². The summed E-state index contributed by atoms with van der Waals surface area (Å²) in [7, 11) is 0. The van der Waals surface area contributed by atoms with Crippen molar-refractivity contribution in [2.75, 3.05) is 11.4 Å². The van der Waals surface area contributed by atoms with E-state index in [4.69, 9.17) is 4.42 Å². The number of hydrogen-bond donors (Lipinski definition) is 0. The van der Waals surface area contributed by atoms with Gasteiger partial charge in [0, 0.05) is 45.9 Å². The lowest BCUT2D eigenvalue weighted by molar-refractivity contribution is 0.467. The van der Waals surface area contributed by atoms with Crippen molar-refractivity contribution in [1.82, 2.24) is 4.98 Å². The Hall–Kier alpha value is -4.88. The highest BCUT2D eigenvalue weighted by Gasteiger charge is 2.34. The van der Waals surface area contributed by atoms with Gasteiger partial charge in [0.2, 0.25) is 0 Å². The van der Waals surface area contributed by atoms with Crippen LogP contribution < -0.4 is 4.90 Å². The third kappa shape index (κ3) is 3.62. The van der Waals surface area contributed by atoms with Crippen LogP contribution in [0.1, 0.15) is 31.4 Å². The Balaban J connectivity index is 1.56. The number of anilines is 2. The number of furan rings is 1. The monoisotopic (exact) mass is 505 g/mol. The number of fused-ring (bicyclic) bond motifs is 4. The molecule has 1 aliphatic rings. The van der Waals surface area contributed by atoms with E-state index in [0.717, 1.165) is 68.7 Å². The Bertz CT molecular complexity index is 1900. The Morgan fingerprint density at radius 2 is 1.56 bits per heavy atom. The molecule has 0 amide bonds. The molecule has 1 aliphatic heterocycles. The molecule has 0 N–H and O–H groups in total. The van der Waals surface area contributed by atoms with Crippen molar-refractivity contribution >= 4 is 33.3 Å². The summed E-state index contributed by atoms with van der Waals surface area (Å²) in [5.41, 5.74) is 9.35. The van der Waals surface area contributed by atoms with E-state index in [0.29, 0.717) is 5.56 Å². The molecule has 0 unspecified atom stereocenters. The predicted octanol–water partition coefficient (Wildman–Crippen LogP) is 9.01. The van der Waals surface area contributed by atoms with Crippen LogP contribution in [0, 0.1) is 11.3 Å². The molecular weight excluding hydrogens is 478 g/mol. The second kappa shape index (κ2) is 8.85. The number of rotatable bonds is 3. The van der Waals surface area contributed by atoms with Gasteiger partial charge in [0.05, 0.1) is 23.0 Å². The lowest BCUT2D eigenvalue weighted by Crippen LogP contribution is -2.34. The summed E-state index contributed by atoms with van der Waals surface area (Å²) in [6, 6.07) is 35.5. The van der Waals surface area contributed by atoms with Gasteiger partial charge in [-0.15, -0.1) is 0 Å². The van der Waals surface area contributed by atoms with Crippen LogP contribution in [0.2, 0.25) is 0 Å². The van der Waals surface area contributed by atoms with Crippen molar-refractivity contribution in [1.29, 1.82) is 5.26 Å². The third-order valence-corrected chi connectivity index (χ3v) is 8.06. The summed E-state index contributed by atoms with van der Waals surface area (Å²) in [6.07, 6.45) is 2.83. The van der Waals surface area contributed by atoms with Gasteiger partial charge >= 0.3 is 0 Å². The summed E-state index contributed by atoms with van der Waals surface area (Å²) in [5.74, 6) is 0. The molecule has 4 heteroatoms. The maximum atomic E-state index is 10.3. The van der Waals surface area contributed by atoms with E-state index in [1.165, 1.54) is 5.56 Å². The second-order valence-electron chi connectivity index (χ2n) is 10.8. The molecule has 0 bridgehead atoms. The summed E-state index contributed by atoms with van der Waals surface area (Å²) in [5, 5.41) is 12.3. The fourth-order valence-electron chi connectivity index (χ4n) is 6.03. The average Bonchev–Trinajstić information content (AvgIpc) is 3.36. The van der Waals surface area contributed by atoms with Gasteiger partial charge in [-0.05, 0) is 59.9 Å². The maximum absolute atomic E-state index is 10.3. The van der Waals surface area contributed by atoms with Crippen LogP contribution in [0.4, 0.5) is 11.4 Å². The van der Waals surface area contributed by atoms with Crippen molar-refractivity contribution < 1.29 is 4.42 Å². The lowest BCUT2D eigenvalue weighted by atomic mass is 9.75. The molecule has 0 spiro atoms. The Morgan fingerprint density at radius 3 is 2.36 bits per heavy atom. The third-order valence-electron chi connectivity index (χ3n) is 8.06. The van der Waals surface area contributed by atoms with Crippen molar-refractivity contribution in [3.63, 3.8) is 0 Å². The molecule has 0 saturated heterocycles. The molecule has 0 saturated carbocycles. The van der Waals surface area contributed by atoms with Crippen LogP contribution >= 0.6 is 0 Å². The SMILES string of the molecule is CC1(C)CCN(c2ccccc2)c2c(-c3c(C#N)ccc4c3oc3c(-c5ccccn5)cccc34)cccc21. The van der Waals surface area contributed by atoms with E-state index >= 15 is 0 Å². The molecule has 39 heavy (non-hydrogen) atoms. The van der Waals surface area contributed by atoms with Gasteiger partial charge in [0.15, 0.2) is 0 Å². The number of aromatic nitrogens is 1. The van der Waals surface area contributed by atoms with Crippen molar-refractivity contribution in [2.24, 2.45) is 0 Å². The van der Waals surface area contributed by atoms with Gasteiger partial charge in [-0.25, -0.2) is 0 Å². The normalized spacial score (nSPS) is 14.3. The van der Waals surface area contributed by atoms with Crippen LogP contribution in [0.25, 0.3) is 44.3 Å². The van der Waals surface area contributed by atoms with Crippen LogP contribution in [0.5, 0.6) is 0 Å². The first-order valence-corrected chi connectivity index (χ1v) is 13.3. The zero-order valence-electron chi connectivity index (χ0n) is 22.0. The van der Waals surface area contributed by atoms with E-state index in [1.807, 2.05) is 48.5 Å². The standard InChI is InChI=1S/C35H27N3O/c1-35(2)19-21-38(24-10-4-3-5-11-24)32-28(14-9-15-29(32)35)31-23(22-36)17-18-26-25-12-8-13-27(33(25)39-34(26)31)30-16-6-7-20-37-30/h3-18,20H,19,21H2,1-2H3. The van der Waals surface area contributed by atoms with Gasteiger partial charge in [-0.2, -0.15) is 5.26 Å². The largest absolute Gasteiger partial charge is 0.455 e. The Morgan fingerprint density at radius 1 is 0.795 bits per heavy atom. The highest BCUT2D eigenvalue weighted by Crippen LogP contribution is 2.50. The molecule has 4 nitrogen and oxygen atoms in total. The van der Waals surface area contributed by atoms with Crippen molar-refractivity contribution in [3.8, 4) is 28.5 Å². The highest BCUT2D eigenvalue weighted by molar-refractivity contribution is 6.14. The molecule has 0 radical (unpaired) electrons. The summed E-state index contributed by atoms with van der Waals surface area (Å²) >= 11 is 0. The van der Waals surface area contributed by atoms with Gasteiger partial charge in [-0.1, -0.05) is 68.4 Å². The fraction of sp³-hybridized carbons (Fsp3) is 0.143. The summed E-state index contributed by atoms with van der Waals surface area (Å²) in [4.78, 5) is 6.98. The van der Waals surface area contributed by atoms with E-state index in [-0.39, 0.29) is 5.41 Å². The van der Waals surface area contributed by atoms with Gasteiger partial charge < -0.3 is 9.32 Å². The summed E-state index contributed by atoms with van der Waals surface area (Å²) in [6.45, 7) is 5.51. The first-order valence-electron chi connectivity index (χ1n) is 13.3. The average molecular weight is 506 g/mol. The summed E-state index contributed by atoms with van der Waals surface area (Å²) < 4.78 is 6.74. The molecule has 4 aromatic carbocycles. The Kier molecular flexibility index (Phi) is 5.28. The minimum Gasteiger partial charge on any atom is -0.455 e. The number of hydrogen-bond acceptors (Lipinski definition) is 4. The van der Waals surface area contributed by atoms with Crippen LogP contribution in [0.3, 0.4) is 0 Å². The number of pyridine rings is 1. The Labute approximate surface area is 227 Å². The first-order chi connectivity index (χ1) is 19.1. The molecule has 7 rings (SSSR count). The molecule has 2 aromatic heterocycles. The number of benzene rings is 4. The smallest absolute Gasteiger partial charge is 0.144 e. The number of nitrogens with zero attached hydrogens (tertiary/aromatic N) is 3. The highest BCUT2D eigenvalue weighted by atomic mass is 16.3. The second-order valence-corrected chi connectivity index (χ2v) is 10.8. The van der Waals surface area contributed by atoms with Gasteiger partial charge in [-0.3, -0.25) is 4.98 Å². The molecule has 3 heterocycles. The fourth-order valence-corrected chi connectivity index (χ4v) is 6.03. The van der Waals surface area contributed by atoms with Gasteiger partial charge in [0.1, 0.15) is 11.2 Å². The molecule has 0 aliphatic carbocycles. The minimum absolute atomic E-state index is 0.00263. The number of nitriles is 1. The van der Waals surface area contributed by atoms with Crippen molar-refractivity contribution in [2.45, 2.75) is 25.7 Å². The lowest BCUT2D eigenvalue weighted by Gasteiger charge is -2.41. The van der Waals surface area contributed by atoms with Crippen LogP contribution in [0.15, 0.2) is 108 Å². The topological polar surface area (TPSA) is 53.1 Å². The van der Waals surface area contributed by atoms with E-state index in [2.05, 4.69) is 78.3 Å².